The van der Waals surface area contributed by atoms with Gasteiger partial charge in [0.15, 0.2) is 0 Å². The number of para-hydroxylation sites is 1. The van der Waals surface area contributed by atoms with Crippen molar-refractivity contribution in [2.75, 3.05) is 20.8 Å². The van der Waals surface area contributed by atoms with Crippen LogP contribution in [0.3, 0.4) is 0 Å². The third kappa shape index (κ3) is 4.14. The lowest BCUT2D eigenvalue weighted by atomic mass is 9.99. The highest BCUT2D eigenvalue weighted by Gasteiger charge is 2.32. The number of hydrogen-bond acceptors (Lipinski definition) is 5. The molecule has 1 aliphatic rings. The minimum atomic E-state index is -0.146. The Kier molecular flexibility index (Phi) is 6.13. The number of nitrogens with zero attached hydrogens (tertiary/aromatic N) is 2. The van der Waals surface area contributed by atoms with Gasteiger partial charge in [0.25, 0.3) is 5.91 Å². The van der Waals surface area contributed by atoms with Gasteiger partial charge in [-0.1, -0.05) is 18.2 Å². The number of carbonyl (C=O) groups is 1. The third-order valence-electron chi connectivity index (χ3n) is 4.75. The Bertz CT molecular complexity index is 803. The number of carbonyl (C=O) groups excluding carboxylic acids is 1. The van der Waals surface area contributed by atoms with Gasteiger partial charge in [-0.2, -0.15) is 5.10 Å². The number of nitrogens with one attached hydrogen (secondary N) is 1. The Labute approximate surface area is 159 Å². The largest absolute Gasteiger partial charge is 0.496 e. The lowest BCUT2D eigenvalue weighted by Crippen LogP contribution is -2.29. The number of fused-ring (bicyclic) bond motifs is 1. The summed E-state index contributed by atoms with van der Waals surface area (Å²) in [6.07, 6.45) is 0.589. The Hall–Kier alpha value is -2.38. The molecule has 2 aromatic rings. The maximum Gasteiger partial charge on any atom is 0.270 e. The number of benzene rings is 1. The summed E-state index contributed by atoms with van der Waals surface area (Å²) in [5.74, 6) is 0.607. The molecule has 2 atom stereocenters. The summed E-state index contributed by atoms with van der Waals surface area (Å²) in [5, 5.41) is 7.65. The van der Waals surface area contributed by atoms with Crippen LogP contribution >= 0.6 is 0 Å². The van der Waals surface area contributed by atoms with Crippen molar-refractivity contribution in [1.82, 2.24) is 15.1 Å². The van der Waals surface area contributed by atoms with Crippen molar-refractivity contribution in [2.24, 2.45) is 0 Å². The van der Waals surface area contributed by atoms with E-state index >= 15 is 0 Å². The summed E-state index contributed by atoms with van der Waals surface area (Å²) < 4.78 is 18.2. The summed E-state index contributed by atoms with van der Waals surface area (Å²) in [4.78, 5) is 13.1. The second-order valence-electron chi connectivity index (χ2n) is 6.72. The Morgan fingerprint density at radius 3 is 2.85 bits per heavy atom. The van der Waals surface area contributed by atoms with Crippen LogP contribution in [0, 0.1) is 0 Å². The first-order valence-electron chi connectivity index (χ1n) is 9.19. The van der Waals surface area contributed by atoms with Gasteiger partial charge in [0.05, 0.1) is 38.2 Å². The summed E-state index contributed by atoms with van der Waals surface area (Å²) in [7, 11) is 3.26. The summed E-state index contributed by atoms with van der Waals surface area (Å²) in [5.41, 5.74) is 3.33. The van der Waals surface area contributed by atoms with E-state index in [2.05, 4.69) is 10.4 Å². The highest BCUT2D eigenvalue weighted by Crippen LogP contribution is 2.31. The fraction of sp³-hybridized carbons (Fsp3) is 0.500. The second-order valence-corrected chi connectivity index (χ2v) is 6.72. The van der Waals surface area contributed by atoms with Gasteiger partial charge < -0.3 is 19.5 Å². The van der Waals surface area contributed by atoms with Gasteiger partial charge in [0.1, 0.15) is 11.4 Å². The van der Waals surface area contributed by atoms with E-state index in [9.17, 15) is 4.79 Å². The molecule has 3 rings (SSSR count). The van der Waals surface area contributed by atoms with Crippen LogP contribution in [-0.4, -0.2) is 42.6 Å². The number of amides is 1. The quantitative estimate of drug-likeness (QED) is 0.807. The van der Waals surface area contributed by atoms with Crippen molar-refractivity contribution >= 4 is 5.91 Å². The van der Waals surface area contributed by atoms with Gasteiger partial charge in [-0.05, 0) is 19.9 Å². The van der Waals surface area contributed by atoms with E-state index in [0.717, 1.165) is 22.6 Å². The maximum atomic E-state index is 13.1. The van der Waals surface area contributed by atoms with Gasteiger partial charge in [0, 0.05) is 31.2 Å². The number of aromatic nitrogens is 2. The minimum Gasteiger partial charge on any atom is -0.496 e. The molecule has 7 nitrogen and oxygen atoms in total. The summed E-state index contributed by atoms with van der Waals surface area (Å²) in [6, 6.07) is 7.65. The van der Waals surface area contributed by atoms with Crippen LogP contribution < -0.4 is 10.1 Å². The maximum absolute atomic E-state index is 13.1. The molecule has 2 heterocycles. The van der Waals surface area contributed by atoms with Crippen molar-refractivity contribution in [3.63, 3.8) is 0 Å². The lowest BCUT2D eigenvalue weighted by Gasteiger charge is -2.24. The molecular weight excluding hydrogens is 346 g/mol. The van der Waals surface area contributed by atoms with E-state index in [4.69, 9.17) is 14.2 Å². The van der Waals surface area contributed by atoms with Crippen molar-refractivity contribution in [2.45, 2.75) is 45.6 Å². The van der Waals surface area contributed by atoms with Gasteiger partial charge in [-0.15, -0.1) is 0 Å². The van der Waals surface area contributed by atoms with Crippen molar-refractivity contribution in [3.8, 4) is 5.75 Å². The van der Waals surface area contributed by atoms with Gasteiger partial charge in [0.2, 0.25) is 0 Å². The zero-order valence-corrected chi connectivity index (χ0v) is 16.3. The molecule has 0 radical (unpaired) electrons. The van der Waals surface area contributed by atoms with E-state index < -0.39 is 0 Å². The summed E-state index contributed by atoms with van der Waals surface area (Å²) >= 11 is 0. The predicted molar refractivity (Wildman–Crippen MR) is 101 cm³/mol. The molecule has 0 unspecified atom stereocenters. The topological polar surface area (TPSA) is 74.6 Å². The third-order valence-corrected chi connectivity index (χ3v) is 4.75. The molecule has 0 saturated heterocycles. The molecule has 0 bridgehead atoms. The first-order chi connectivity index (χ1) is 13.0. The molecule has 0 saturated carbocycles. The van der Waals surface area contributed by atoms with Crippen LogP contribution in [0.25, 0.3) is 0 Å². The Balaban J connectivity index is 1.86. The Morgan fingerprint density at radius 2 is 2.11 bits per heavy atom. The number of hydrogen-bond donors (Lipinski definition) is 1. The molecule has 1 aliphatic heterocycles. The molecule has 1 aromatic carbocycles. The average Bonchev–Trinajstić information content (AvgIpc) is 3.03. The SMILES string of the molecule is COCCn1nc2c(c1C(=O)NCc1ccccc1OC)C[C@H](C)O[C@@H]2C. The van der Waals surface area contributed by atoms with E-state index in [1.54, 1.807) is 18.9 Å². The zero-order valence-electron chi connectivity index (χ0n) is 16.3. The van der Waals surface area contributed by atoms with E-state index in [0.29, 0.717) is 31.8 Å². The van der Waals surface area contributed by atoms with Gasteiger partial charge in [-0.3, -0.25) is 9.48 Å². The predicted octanol–water partition coefficient (Wildman–Crippen LogP) is 2.49. The highest BCUT2D eigenvalue weighted by atomic mass is 16.5. The Morgan fingerprint density at radius 1 is 1.33 bits per heavy atom. The molecule has 1 amide bonds. The standard InChI is InChI=1S/C20H27N3O4/c1-13-11-16-18(14(2)27-13)22-23(9-10-25-3)19(16)20(24)21-12-15-7-5-6-8-17(15)26-4/h5-8,13-14H,9-12H2,1-4H3,(H,21,24)/t13-,14+/m0/s1. The molecular formula is C20H27N3O4. The second kappa shape index (κ2) is 8.54. The highest BCUT2D eigenvalue weighted by molar-refractivity contribution is 5.94. The lowest BCUT2D eigenvalue weighted by molar-refractivity contribution is -0.00716. The van der Waals surface area contributed by atoms with Crippen molar-refractivity contribution in [1.29, 1.82) is 0 Å². The van der Waals surface area contributed by atoms with Gasteiger partial charge in [-0.25, -0.2) is 0 Å². The minimum absolute atomic E-state index is 0.0494. The number of rotatable bonds is 7. The molecule has 0 aliphatic carbocycles. The van der Waals surface area contributed by atoms with Crippen LogP contribution in [-0.2, 0) is 29.0 Å². The first kappa shape index (κ1) is 19.4. The number of methoxy groups -OCH3 is 2. The smallest absolute Gasteiger partial charge is 0.270 e. The molecule has 0 fully saturated rings. The molecule has 7 heteroatoms. The van der Waals surface area contributed by atoms with Gasteiger partial charge >= 0.3 is 0 Å². The summed E-state index contributed by atoms with van der Waals surface area (Å²) in [6.45, 7) is 5.37. The van der Waals surface area contributed by atoms with E-state index in [-0.39, 0.29) is 18.1 Å². The van der Waals surface area contributed by atoms with Crippen LogP contribution in [0.15, 0.2) is 24.3 Å². The van der Waals surface area contributed by atoms with Crippen LogP contribution in [0.4, 0.5) is 0 Å². The van der Waals surface area contributed by atoms with Crippen LogP contribution in [0.1, 0.15) is 47.3 Å². The molecule has 1 N–H and O–H groups in total. The van der Waals surface area contributed by atoms with Crippen LogP contribution in [0.2, 0.25) is 0 Å². The fourth-order valence-corrected chi connectivity index (χ4v) is 3.50. The van der Waals surface area contributed by atoms with Crippen molar-refractivity contribution < 1.29 is 19.0 Å². The first-order valence-corrected chi connectivity index (χ1v) is 9.19. The van der Waals surface area contributed by atoms with E-state index in [1.807, 2.05) is 38.1 Å². The number of ether oxygens (including phenoxy) is 3. The monoisotopic (exact) mass is 373 g/mol. The van der Waals surface area contributed by atoms with Crippen molar-refractivity contribution in [3.05, 3.63) is 46.8 Å². The fourth-order valence-electron chi connectivity index (χ4n) is 3.50. The molecule has 27 heavy (non-hydrogen) atoms. The molecule has 0 spiro atoms. The molecule has 1 aromatic heterocycles. The molecule has 146 valence electrons. The zero-order chi connectivity index (χ0) is 19.4. The van der Waals surface area contributed by atoms with E-state index in [1.165, 1.54) is 0 Å². The van der Waals surface area contributed by atoms with Crippen LogP contribution in [0.5, 0.6) is 5.75 Å². The normalized spacial score (nSPS) is 18.8. The average molecular weight is 373 g/mol.